The highest BCUT2D eigenvalue weighted by molar-refractivity contribution is 5.74. The van der Waals surface area contributed by atoms with Crippen LogP contribution < -0.4 is 10.6 Å². The van der Waals surface area contributed by atoms with E-state index in [4.69, 9.17) is 0 Å². The van der Waals surface area contributed by atoms with E-state index in [2.05, 4.69) is 10.6 Å². The Balaban J connectivity index is 1.80. The van der Waals surface area contributed by atoms with E-state index in [9.17, 15) is 9.90 Å². The highest BCUT2D eigenvalue weighted by atomic mass is 16.3. The van der Waals surface area contributed by atoms with Crippen molar-refractivity contribution >= 4 is 6.03 Å². The fourth-order valence-electron chi connectivity index (χ4n) is 2.07. The van der Waals surface area contributed by atoms with E-state index in [-0.39, 0.29) is 18.7 Å². The smallest absolute Gasteiger partial charge is 0.315 e. The van der Waals surface area contributed by atoms with Crippen molar-refractivity contribution in [3.05, 3.63) is 71.8 Å². The Morgan fingerprint density at radius 3 is 2.10 bits per heavy atom. The number of urea groups is 1. The van der Waals surface area contributed by atoms with Crippen LogP contribution in [-0.2, 0) is 13.0 Å². The van der Waals surface area contributed by atoms with Crippen molar-refractivity contribution in [2.75, 3.05) is 6.61 Å². The number of carbonyl (C=O) groups is 1. The molecule has 4 heteroatoms. The van der Waals surface area contributed by atoms with Crippen LogP contribution in [0.1, 0.15) is 11.1 Å². The maximum Gasteiger partial charge on any atom is 0.315 e. The number of rotatable bonds is 6. The van der Waals surface area contributed by atoms with Gasteiger partial charge < -0.3 is 15.7 Å². The molecule has 4 nitrogen and oxygen atoms in total. The van der Waals surface area contributed by atoms with Crippen molar-refractivity contribution in [1.29, 1.82) is 0 Å². The van der Waals surface area contributed by atoms with Crippen LogP contribution in [0, 0.1) is 0 Å². The Bertz CT molecular complexity index is 543. The second-order valence-electron chi connectivity index (χ2n) is 4.88. The molecule has 3 N–H and O–H groups in total. The molecule has 0 aromatic heterocycles. The summed E-state index contributed by atoms with van der Waals surface area (Å²) in [6.07, 6.45) is 0.607. The minimum Gasteiger partial charge on any atom is -0.394 e. The molecule has 0 spiro atoms. The maximum atomic E-state index is 11.8. The van der Waals surface area contributed by atoms with E-state index in [1.54, 1.807) is 0 Å². The second kappa shape index (κ2) is 8.07. The van der Waals surface area contributed by atoms with Gasteiger partial charge in [0.1, 0.15) is 0 Å². The van der Waals surface area contributed by atoms with Gasteiger partial charge in [0.25, 0.3) is 0 Å². The second-order valence-corrected chi connectivity index (χ2v) is 4.88. The average molecular weight is 284 g/mol. The normalized spacial score (nSPS) is 11.7. The zero-order chi connectivity index (χ0) is 14.9. The summed E-state index contributed by atoms with van der Waals surface area (Å²) in [6.45, 7) is 0.379. The summed E-state index contributed by atoms with van der Waals surface area (Å²) in [7, 11) is 0. The van der Waals surface area contributed by atoms with Gasteiger partial charge in [-0.2, -0.15) is 0 Å². The highest BCUT2D eigenvalue weighted by Gasteiger charge is 2.11. The lowest BCUT2D eigenvalue weighted by Crippen LogP contribution is -2.44. The number of amides is 2. The van der Waals surface area contributed by atoms with E-state index < -0.39 is 0 Å². The zero-order valence-corrected chi connectivity index (χ0v) is 11.8. The van der Waals surface area contributed by atoms with Gasteiger partial charge >= 0.3 is 6.03 Å². The fourth-order valence-corrected chi connectivity index (χ4v) is 2.07. The maximum absolute atomic E-state index is 11.8. The Labute approximate surface area is 124 Å². The topological polar surface area (TPSA) is 61.4 Å². The Morgan fingerprint density at radius 1 is 0.952 bits per heavy atom. The van der Waals surface area contributed by atoms with Crippen LogP contribution in [0.2, 0.25) is 0 Å². The van der Waals surface area contributed by atoms with Gasteiger partial charge in [-0.25, -0.2) is 4.79 Å². The molecule has 0 saturated carbocycles. The molecule has 0 saturated heterocycles. The van der Waals surface area contributed by atoms with E-state index in [0.717, 1.165) is 11.1 Å². The third-order valence-corrected chi connectivity index (χ3v) is 3.18. The lowest BCUT2D eigenvalue weighted by atomic mass is 10.1. The molecular weight excluding hydrogens is 264 g/mol. The van der Waals surface area contributed by atoms with Gasteiger partial charge in [0.05, 0.1) is 12.6 Å². The van der Waals surface area contributed by atoms with Gasteiger partial charge in [-0.1, -0.05) is 60.7 Å². The minimum atomic E-state index is -0.289. The van der Waals surface area contributed by atoms with Crippen molar-refractivity contribution in [3.8, 4) is 0 Å². The molecule has 0 bridgehead atoms. The third-order valence-electron chi connectivity index (χ3n) is 3.18. The average Bonchev–Trinajstić information content (AvgIpc) is 2.54. The molecule has 2 aromatic rings. The van der Waals surface area contributed by atoms with Crippen LogP contribution in [0.3, 0.4) is 0 Å². The predicted octanol–water partition coefficient (Wildman–Crippen LogP) is 2.09. The van der Waals surface area contributed by atoms with E-state index in [1.807, 2.05) is 60.7 Å². The summed E-state index contributed by atoms with van der Waals surface area (Å²) in [5.41, 5.74) is 2.12. The van der Waals surface area contributed by atoms with Gasteiger partial charge in [-0.15, -0.1) is 0 Å². The molecule has 1 atom stereocenters. The Kier molecular flexibility index (Phi) is 5.79. The van der Waals surface area contributed by atoms with Crippen molar-refractivity contribution in [3.63, 3.8) is 0 Å². The first-order valence-corrected chi connectivity index (χ1v) is 7.01. The van der Waals surface area contributed by atoms with Crippen molar-refractivity contribution < 1.29 is 9.90 Å². The molecule has 110 valence electrons. The first-order chi connectivity index (χ1) is 10.3. The van der Waals surface area contributed by atoms with Crippen LogP contribution in [0.25, 0.3) is 0 Å². The lowest BCUT2D eigenvalue weighted by Gasteiger charge is -2.17. The molecule has 0 radical (unpaired) electrons. The molecule has 2 rings (SSSR count). The van der Waals surface area contributed by atoms with Gasteiger partial charge in [-0.3, -0.25) is 0 Å². The van der Waals surface area contributed by atoms with Crippen molar-refractivity contribution in [1.82, 2.24) is 10.6 Å². The summed E-state index contributed by atoms with van der Waals surface area (Å²) in [6, 6.07) is 18.9. The van der Waals surface area contributed by atoms with Crippen molar-refractivity contribution in [2.24, 2.45) is 0 Å². The summed E-state index contributed by atoms with van der Waals surface area (Å²) in [5.74, 6) is 0. The number of hydrogen-bond donors (Lipinski definition) is 3. The number of aliphatic hydroxyl groups excluding tert-OH is 1. The Morgan fingerprint density at radius 2 is 1.52 bits per heavy atom. The number of nitrogens with one attached hydrogen (secondary N) is 2. The highest BCUT2D eigenvalue weighted by Crippen LogP contribution is 2.03. The predicted molar refractivity (Wildman–Crippen MR) is 82.8 cm³/mol. The molecule has 0 aliphatic carbocycles. The molecule has 2 aromatic carbocycles. The first-order valence-electron chi connectivity index (χ1n) is 7.01. The van der Waals surface area contributed by atoms with Gasteiger partial charge in [0, 0.05) is 6.54 Å². The lowest BCUT2D eigenvalue weighted by molar-refractivity contribution is 0.215. The van der Waals surface area contributed by atoms with Crippen LogP contribution in [-0.4, -0.2) is 23.8 Å². The zero-order valence-electron chi connectivity index (χ0n) is 11.8. The minimum absolute atomic E-state index is 0.0896. The van der Waals surface area contributed by atoms with Crippen LogP contribution in [0.4, 0.5) is 4.79 Å². The standard InChI is InChI=1S/C17H20N2O2/c20-13-16(11-14-7-3-1-4-8-14)19-17(21)18-12-15-9-5-2-6-10-15/h1-10,16,20H,11-13H2,(H2,18,19,21). The summed E-state index contributed by atoms with van der Waals surface area (Å²) >= 11 is 0. The van der Waals surface area contributed by atoms with Gasteiger partial charge in [0.15, 0.2) is 0 Å². The van der Waals surface area contributed by atoms with E-state index in [0.29, 0.717) is 13.0 Å². The van der Waals surface area contributed by atoms with E-state index >= 15 is 0 Å². The summed E-state index contributed by atoms with van der Waals surface area (Å²) in [5, 5.41) is 15.0. The van der Waals surface area contributed by atoms with E-state index in [1.165, 1.54) is 0 Å². The van der Waals surface area contributed by atoms with Gasteiger partial charge in [0.2, 0.25) is 0 Å². The quantitative estimate of drug-likeness (QED) is 0.760. The summed E-state index contributed by atoms with van der Waals surface area (Å²) in [4.78, 5) is 11.8. The first kappa shape index (κ1) is 15.1. The molecular formula is C17H20N2O2. The molecule has 0 aliphatic heterocycles. The van der Waals surface area contributed by atoms with Crippen LogP contribution >= 0.6 is 0 Å². The third kappa shape index (κ3) is 5.28. The largest absolute Gasteiger partial charge is 0.394 e. The SMILES string of the molecule is O=C(NCc1ccccc1)NC(CO)Cc1ccccc1. The Hall–Kier alpha value is -2.33. The monoisotopic (exact) mass is 284 g/mol. The molecule has 2 amide bonds. The fraction of sp³-hybridized carbons (Fsp3) is 0.235. The summed E-state index contributed by atoms with van der Waals surface area (Å²) < 4.78 is 0. The molecule has 1 unspecified atom stereocenters. The number of hydrogen-bond acceptors (Lipinski definition) is 2. The number of benzene rings is 2. The van der Waals surface area contributed by atoms with Crippen LogP contribution in [0.15, 0.2) is 60.7 Å². The molecule has 21 heavy (non-hydrogen) atoms. The molecule has 0 fully saturated rings. The van der Waals surface area contributed by atoms with Gasteiger partial charge in [-0.05, 0) is 17.5 Å². The molecule has 0 aliphatic rings. The number of aliphatic hydroxyl groups is 1. The molecule has 0 heterocycles. The van der Waals surface area contributed by atoms with Crippen molar-refractivity contribution in [2.45, 2.75) is 19.0 Å². The van der Waals surface area contributed by atoms with Crippen LogP contribution in [0.5, 0.6) is 0 Å². The number of carbonyl (C=O) groups excluding carboxylic acids is 1.